The molecule has 0 aliphatic rings. The molecule has 0 radical (unpaired) electrons. The Morgan fingerprint density at radius 1 is 1.32 bits per heavy atom. The topological polar surface area (TPSA) is 117 Å². The van der Waals surface area contributed by atoms with Crippen LogP contribution in [-0.2, 0) is 11.3 Å². The van der Waals surface area contributed by atoms with Crippen molar-refractivity contribution in [2.45, 2.75) is 13.0 Å². The Morgan fingerprint density at radius 3 is 2.53 bits per heavy atom. The van der Waals surface area contributed by atoms with Crippen molar-refractivity contribution >= 4 is 5.91 Å². The first kappa shape index (κ1) is 16.9. The number of nitrogens with zero attached hydrogens (tertiary/aromatic N) is 1. The summed E-state index contributed by atoms with van der Waals surface area (Å²) in [6.07, 6.45) is 5.74. The van der Waals surface area contributed by atoms with Crippen molar-refractivity contribution in [3.8, 4) is 0 Å². The second-order valence-electron chi connectivity index (χ2n) is 3.53. The second kappa shape index (κ2) is 11.0. The summed E-state index contributed by atoms with van der Waals surface area (Å²) in [6, 6.07) is 5.65. The van der Waals surface area contributed by atoms with Gasteiger partial charge in [0.15, 0.2) is 12.4 Å². The second-order valence-corrected chi connectivity index (χ2v) is 3.53. The van der Waals surface area contributed by atoms with Crippen LogP contribution < -0.4 is 26.9 Å². The number of hydrogen-bond donors (Lipinski definition) is 5. The fraction of sp³-hybridized carbons (Fsp3) is 0.333. The van der Waals surface area contributed by atoms with E-state index in [2.05, 4.69) is 10.7 Å². The van der Waals surface area contributed by atoms with Crippen LogP contribution >= 0.6 is 0 Å². The van der Waals surface area contributed by atoms with Gasteiger partial charge in [0.05, 0.1) is 0 Å². The van der Waals surface area contributed by atoms with Crippen molar-refractivity contribution < 1.29 is 14.5 Å². The van der Waals surface area contributed by atoms with E-state index >= 15 is 0 Å². The minimum Gasteiger partial charge on any atom is -0.401 e. The molecule has 0 aromatic carbocycles. The van der Waals surface area contributed by atoms with Gasteiger partial charge in [0.25, 0.3) is 5.91 Å². The number of nitrogens with two attached hydrogens (primary N) is 2. The van der Waals surface area contributed by atoms with Gasteiger partial charge in [0, 0.05) is 44.1 Å². The monoisotopic (exact) mass is 268 g/mol. The summed E-state index contributed by atoms with van der Waals surface area (Å²) >= 11 is 0. The lowest BCUT2D eigenvalue weighted by Gasteiger charge is -2.03. The van der Waals surface area contributed by atoms with E-state index in [0.29, 0.717) is 25.2 Å². The minimum absolute atomic E-state index is 0.0466. The zero-order valence-electron chi connectivity index (χ0n) is 11.0. The summed E-state index contributed by atoms with van der Waals surface area (Å²) in [5, 5.41) is 9.77. The maximum atomic E-state index is 11.5. The van der Waals surface area contributed by atoms with Crippen LogP contribution in [0.15, 0.2) is 42.5 Å². The number of aliphatic hydroxyl groups is 1. The maximum Gasteiger partial charge on any atom is 0.285 e. The van der Waals surface area contributed by atoms with E-state index in [1.54, 1.807) is 4.57 Å². The zero-order chi connectivity index (χ0) is 14.5. The number of aromatic nitrogens is 1. The van der Waals surface area contributed by atoms with Crippen molar-refractivity contribution in [2.75, 3.05) is 13.7 Å². The van der Waals surface area contributed by atoms with Crippen molar-refractivity contribution in [1.82, 2.24) is 10.7 Å². The van der Waals surface area contributed by atoms with E-state index in [1.807, 2.05) is 30.6 Å². The molecule has 0 fully saturated rings. The Morgan fingerprint density at radius 2 is 1.95 bits per heavy atom. The molecule has 7 N–H and O–H groups in total. The summed E-state index contributed by atoms with van der Waals surface area (Å²) in [6.45, 7) is 0.801. The molecule has 19 heavy (non-hydrogen) atoms. The Labute approximate surface area is 112 Å². The van der Waals surface area contributed by atoms with Gasteiger partial charge < -0.3 is 21.6 Å². The lowest BCUT2D eigenvalue weighted by Crippen LogP contribution is -2.42. The van der Waals surface area contributed by atoms with E-state index < -0.39 is 0 Å². The highest BCUT2D eigenvalue weighted by Gasteiger charge is 2.07. The first-order valence-corrected chi connectivity index (χ1v) is 5.78. The number of carbonyl (C=O) groups is 1. The average molecular weight is 268 g/mol. The molecule has 0 spiro atoms. The lowest BCUT2D eigenvalue weighted by molar-refractivity contribution is -0.684. The molecule has 1 aromatic heterocycles. The molecule has 7 heteroatoms. The molecule has 0 saturated heterocycles. The van der Waals surface area contributed by atoms with E-state index in [-0.39, 0.29) is 5.91 Å². The van der Waals surface area contributed by atoms with Gasteiger partial charge in [0.1, 0.15) is 0 Å². The predicted octanol–water partition coefficient (Wildman–Crippen LogP) is -1.65. The molecule has 1 rings (SSSR count). The smallest absolute Gasteiger partial charge is 0.285 e. The summed E-state index contributed by atoms with van der Waals surface area (Å²) in [4.78, 5) is 11.5. The van der Waals surface area contributed by atoms with Gasteiger partial charge in [-0.1, -0.05) is 6.07 Å². The number of hydrazine groups is 1. The highest BCUT2D eigenvalue weighted by molar-refractivity contribution is 5.74. The largest absolute Gasteiger partial charge is 0.401 e. The normalized spacial score (nSPS) is 10.2. The maximum absolute atomic E-state index is 11.5. The van der Waals surface area contributed by atoms with E-state index in [0.717, 1.165) is 7.11 Å². The standard InChI is InChI=1S/C11H17N5O.CH4O/c12-10(8-15-13)4-5-14-11(17)9-16-6-2-1-3-7-16;1-2/h1-3,6-8,15H,4-5,9,12-13H2;2H,1H3/p+1/b10-8-;. The Balaban J connectivity index is 0.00000154. The fourth-order valence-electron chi connectivity index (χ4n) is 1.29. The van der Waals surface area contributed by atoms with Crippen LogP contribution in [0.1, 0.15) is 6.42 Å². The van der Waals surface area contributed by atoms with Crippen molar-refractivity contribution in [3.05, 3.63) is 42.5 Å². The molecule has 0 bridgehead atoms. The number of hydrogen-bond acceptors (Lipinski definition) is 5. The van der Waals surface area contributed by atoms with Crippen molar-refractivity contribution in [2.24, 2.45) is 11.6 Å². The van der Waals surface area contributed by atoms with Crippen LogP contribution in [-0.4, -0.2) is 24.7 Å². The van der Waals surface area contributed by atoms with Gasteiger partial charge in [-0.15, -0.1) is 0 Å². The minimum atomic E-state index is -0.0466. The highest BCUT2D eigenvalue weighted by Crippen LogP contribution is 1.87. The number of nitrogens with one attached hydrogen (secondary N) is 2. The molecule has 0 saturated carbocycles. The molecule has 1 amide bonds. The van der Waals surface area contributed by atoms with Crippen molar-refractivity contribution in [1.29, 1.82) is 0 Å². The number of pyridine rings is 1. The molecule has 1 heterocycles. The third-order valence-corrected chi connectivity index (χ3v) is 2.11. The molecule has 0 unspecified atom stereocenters. The lowest BCUT2D eigenvalue weighted by atomic mass is 10.3. The number of aliphatic hydroxyl groups excluding tert-OH is 1. The predicted molar refractivity (Wildman–Crippen MR) is 72.0 cm³/mol. The van der Waals surface area contributed by atoms with E-state index in [1.165, 1.54) is 6.20 Å². The van der Waals surface area contributed by atoms with Gasteiger partial charge in [-0.05, 0) is 0 Å². The average Bonchev–Trinajstić information content (AvgIpc) is 2.42. The van der Waals surface area contributed by atoms with Gasteiger partial charge in [-0.3, -0.25) is 10.6 Å². The van der Waals surface area contributed by atoms with Gasteiger partial charge in [-0.2, -0.15) is 4.57 Å². The van der Waals surface area contributed by atoms with E-state index in [9.17, 15) is 4.79 Å². The van der Waals surface area contributed by atoms with Crippen LogP contribution in [0.3, 0.4) is 0 Å². The third kappa shape index (κ3) is 8.58. The molecule has 0 aliphatic heterocycles. The summed E-state index contributed by atoms with van der Waals surface area (Å²) < 4.78 is 1.80. The van der Waals surface area contributed by atoms with Crippen LogP contribution in [0.25, 0.3) is 0 Å². The van der Waals surface area contributed by atoms with Crippen LogP contribution in [0, 0.1) is 0 Å². The van der Waals surface area contributed by atoms with Crippen LogP contribution in [0.4, 0.5) is 0 Å². The Hall–Kier alpha value is -2.12. The van der Waals surface area contributed by atoms with Crippen molar-refractivity contribution in [3.63, 3.8) is 0 Å². The summed E-state index contributed by atoms with van der Waals surface area (Å²) in [5.41, 5.74) is 8.52. The zero-order valence-corrected chi connectivity index (χ0v) is 11.0. The molecular weight excluding hydrogens is 246 g/mol. The fourth-order valence-corrected chi connectivity index (χ4v) is 1.29. The SMILES string of the molecule is CO.NN/C=C(\N)CCNC(=O)C[n+]1ccccc1. The third-order valence-electron chi connectivity index (χ3n) is 2.11. The number of carbonyl (C=O) groups excluding carboxylic acids is 1. The molecule has 0 aliphatic carbocycles. The summed E-state index contributed by atoms with van der Waals surface area (Å²) in [5.74, 6) is 5.02. The van der Waals surface area contributed by atoms with Gasteiger partial charge >= 0.3 is 0 Å². The molecule has 106 valence electrons. The molecule has 7 nitrogen and oxygen atoms in total. The summed E-state index contributed by atoms with van der Waals surface area (Å²) in [7, 11) is 1.00. The Kier molecular flexibility index (Phi) is 9.77. The first-order chi connectivity index (χ1) is 9.22. The van der Waals surface area contributed by atoms with Gasteiger partial charge in [0.2, 0.25) is 6.54 Å². The molecule has 0 atom stereocenters. The van der Waals surface area contributed by atoms with Crippen LogP contribution in [0.2, 0.25) is 0 Å². The number of rotatable bonds is 6. The quantitative estimate of drug-likeness (QED) is 0.241. The van der Waals surface area contributed by atoms with E-state index in [4.69, 9.17) is 16.7 Å². The molecule has 1 aromatic rings. The first-order valence-electron chi connectivity index (χ1n) is 5.78. The number of amides is 1. The van der Waals surface area contributed by atoms with Crippen LogP contribution in [0.5, 0.6) is 0 Å². The Bertz CT molecular complexity index is 381. The highest BCUT2D eigenvalue weighted by atomic mass is 16.2. The van der Waals surface area contributed by atoms with Gasteiger partial charge in [-0.25, -0.2) is 0 Å². The molecular formula is C12H22N5O2+.